The molecule has 0 bridgehead atoms. The molecule has 38 valence electrons. The van der Waals surface area contributed by atoms with E-state index in [1.165, 1.54) is 0 Å². The number of hydrogen-bond donors (Lipinski definition) is 0. The van der Waals surface area contributed by atoms with E-state index in [1.807, 2.05) is 0 Å². The Balaban J connectivity index is 2.17. The Morgan fingerprint density at radius 3 is 2.00 bits per heavy atom. The van der Waals surface area contributed by atoms with Crippen LogP contribution < -0.4 is 0 Å². The van der Waals surface area contributed by atoms with Crippen LogP contribution in [0.4, 0.5) is 0 Å². The Hall–Kier alpha value is -0.130. The first kappa shape index (κ1) is 3.82. The van der Waals surface area contributed by atoms with Crippen molar-refractivity contribution < 1.29 is 0 Å². The fourth-order valence-corrected chi connectivity index (χ4v) is 2.04. The highest BCUT2D eigenvalue weighted by molar-refractivity contribution is 5.44. The van der Waals surface area contributed by atoms with E-state index in [-0.39, 0.29) is 0 Å². The molecule has 0 saturated heterocycles. The van der Waals surface area contributed by atoms with Crippen molar-refractivity contribution in [2.75, 3.05) is 0 Å². The first-order chi connectivity index (χ1) is 3.19. The van der Waals surface area contributed by atoms with Gasteiger partial charge in [0.15, 0.2) is 11.3 Å². The molecule has 0 aliphatic heterocycles. The molecular weight excluding hydrogens is 84.1 g/mol. The van der Waals surface area contributed by atoms with Crippen LogP contribution in [0.25, 0.3) is 0 Å². The fraction of sp³-hybridized carbons (Fsp3) is 0.857. The molecule has 3 unspecified atom stereocenters. The van der Waals surface area contributed by atoms with Crippen molar-refractivity contribution in [2.45, 2.75) is 20.8 Å². The zero-order valence-electron chi connectivity index (χ0n) is 5.15. The Kier molecular flexibility index (Phi) is 0.344. The van der Waals surface area contributed by atoms with Gasteiger partial charge in [-0.2, -0.15) is 0 Å². The highest BCUT2D eigenvalue weighted by atomic mass is 14.8. The molecular formula is C7H11+. The number of hydrogen-bond acceptors (Lipinski definition) is 0. The summed E-state index contributed by atoms with van der Waals surface area (Å²) in [6.45, 7) is 7.00. The maximum atomic E-state index is 2.37. The molecule has 3 atom stereocenters. The van der Waals surface area contributed by atoms with E-state index in [1.54, 1.807) is 5.92 Å². The maximum Gasteiger partial charge on any atom is 0.158 e. The summed E-state index contributed by atoms with van der Waals surface area (Å²) in [4.78, 5) is 0. The van der Waals surface area contributed by atoms with Crippen LogP contribution >= 0.6 is 0 Å². The summed E-state index contributed by atoms with van der Waals surface area (Å²) in [6, 6.07) is 0. The Bertz CT molecular complexity index is 105. The van der Waals surface area contributed by atoms with Crippen molar-refractivity contribution in [1.29, 1.82) is 0 Å². The van der Waals surface area contributed by atoms with Gasteiger partial charge >= 0.3 is 0 Å². The SMILES string of the molecule is C[C+]1C2C(C)C12C. The van der Waals surface area contributed by atoms with Crippen molar-refractivity contribution >= 4 is 0 Å². The summed E-state index contributed by atoms with van der Waals surface area (Å²) < 4.78 is 0. The number of fused-ring (bicyclic) bond motifs is 1. The zero-order valence-corrected chi connectivity index (χ0v) is 5.15. The topological polar surface area (TPSA) is 0 Å². The minimum atomic E-state index is 0.750. The van der Waals surface area contributed by atoms with Gasteiger partial charge in [-0.3, -0.25) is 0 Å². The third kappa shape index (κ3) is 0.184. The van der Waals surface area contributed by atoms with Crippen LogP contribution in [-0.4, -0.2) is 0 Å². The average Bonchev–Trinajstić information content (AvgIpc) is 2.31. The van der Waals surface area contributed by atoms with E-state index in [9.17, 15) is 0 Å². The molecule has 0 amide bonds. The molecule has 0 heteroatoms. The van der Waals surface area contributed by atoms with Crippen molar-refractivity contribution in [1.82, 2.24) is 0 Å². The average molecular weight is 95.2 g/mol. The van der Waals surface area contributed by atoms with Crippen LogP contribution in [-0.2, 0) is 0 Å². The van der Waals surface area contributed by atoms with Crippen molar-refractivity contribution in [2.24, 2.45) is 17.3 Å². The van der Waals surface area contributed by atoms with Crippen LogP contribution in [0.5, 0.6) is 0 Å². The lowest BCUT2D eigenvalue weighted by Crippen LogP contribution is -1.95. The molecule has 0 nitrogen and oxygen atoms in total. The second kappa shape index (κ2) is 0.630. The van der Waals surface area contributed by atoms with Crippen LogP contribution in [0.2, 0.25) is 0 Å². The molecule has 0 radical (unpaired) electrons. The molecule has 2 rings (SSSR count). The molecule has 0 aromatic carbocycles. The normalized spacial score (nSPS) is 64.7. The lowest BCUT2D eigenvalue weighted by molar-refractivity contribution is 0.594. The molecule has 2 fully saturated rings. The van der Waals surface area contributed by atoms with Gasteiger partial charge in [-0.15, -0.1) is 0 Å². The van der Waals surface area contributed by atoms with E-state index < -0.39 is 0 Å². The number of rotatable bonds is 0. The Morgan fingerprint density at radius 2 is 2.00 bits per heavy atom. The minimum absolute atomic E-state index is 0.750. The molecule has 0 spiro atoms. The quantitative estimate of drug-likeness (QED) is 0.403. The van der Waals surface area contributed by atoms with Gasteiger partial charge in [0.25, 0.3) is 0 Å². The first-order valence-corrected chi connectivity index (χ1v) is 3.03. The van der Waals surface area contributed by atoms with Crippen molar-refractivity contribution in [3.8, 4) is 0 Å². The molecule has 0 aromatic rings. The predicted octanol–water partition coefficient (Wildman–Crippen LogP) is 1.87. The second-order valence-corrected chi connectivity index (χ2v) is 3.23. The maximum absolute atomic E-state index is 2.37. The summed E-state index contributed by atoms with van der Waals surface area (Å²) in [5.74, 6) is 3.83. The van der Waals surface area contributed by atoms with Crippen LogP contribution in [0.1, 0.15) is 20.8 Å². The van der Waals surface area contributed by atoms with Crippen LogP contribution in [0.15, 0.2) is 0 Å². The smallest absolute Gasteiger partial charge is 0.0530 e. The van der Waals surface area contributed by atoms with Gasteiger partial charge in [0.2, 0.25) is 0 Å². The predicted molar refractivity (Wildman–Crippen MR) is 29.7 cm³/mol. The summed E-state index contributed by atoms with van der Waals surface area (Å²) in [5, 5.41) is 0. The highest BCUT2D eigenvalue weighted by Gasteiger charge is 2.93. The molecule has 2 saturated carbocycles. The largest absolute Gasteiger partial charge is 0.158 e. The minimum Gasteiger partial charge on any atom is -0.0530 e. The standard InChI is InChI=1S/C7H11/c1-4-6-5(2)7(4,6)3/h4,6H,1-3H3/q+1. The Morgan fingerprint density at radius 1 is 1.57 bits per heavy atom. The highest BCUT2D eigenvalue weighted by Crippen LogP contribution is 2.84. The van der Waals surface area contributed by atoms with Gasteiger partial charge in [-0.05, 0) is 6.92 Å². The summed E-state index contributed by atoms with van der Waals surface area (Å²) >= 11 is 0. The summed E-state index contributed by atoms with van der Waals surface area (Å²) in [6.07, 6.45) is 0. The molecule has 0 N–H and O–H groups in total. The van der Waals surface area contributed by atoms with E-state index >= 15 is 0 Å². The third-order valence-corrected chi connectivity index (χ3v) is 3.22. The van der Waals surface area contributed by atoms with Crippen molar-refractivity contribution in [3.63, 3.8) is 0 Å². The van der Waals surface area contributed by atoms with Gasteiger partial charge in [0.1, 0.15) is 5.92 Å². The van der Waals surface area contributed by atoms with Gasteiger partial charge < -0.3 is 0 Å². The zero-order chi connectivity index (χ0) is 5.23. The second-order valence-electron chi connectivity index (χ2n) is 3.23. The first-order valence-electron chi connectivity index (χ1n) is 3.03. The fourth-order valence-electron chi connectivity index (χ4n) is 2.04. The van der Waals surface area contributed by atoms with Gasteiger partial charge in [-0.1, -0.05) is 6.92 Å². The molecule has 0 aromatic heterocycles. The monoisotopic (exact) mass is 95.1 g/mol. The van der Waals surface area contributed by atoms with Crippen LogP contribution in [0.3, 0.4) is 0 Å². The van der Waals surface area contributed by atoms with E-state index in [0.717, 1.165) is 17.3 Å². The van der Waals surface area contributed by atoms with Gasteiger partial charge in [-0.25, -0.2) is 0 Å². The lowest BCUT2D eigenvalue weighted by atomic mass is 10.0. The van der Waals surface area contributed by atoms with Gasteiger partial charge in [0, 0.05) is 0 Å². The third-order valence-electron chi connectivity index (χ3n) is 3.22. The van der Waals surface area contributed by atoms with Gasteiger partial charge in [0.05, 0.1) is 12.8 Å². The van der Waals surface area contributed by atoms with Crippen molar-refractivity contribution in [3.05, 3.63) is 5.92 Å². The van der Waals surface area contributed by atoms with E-state index in [4.69, 9.17) is 0 Å². The molecule has 0 heterocycles. The van der Waals surface area contributed by atoms with E-state index in [2.05, 4.69) is 20.8 Å². The van der Waals surface area contributed by atoms with Crippen LogP contribution in [0, 0.1) is 23.2 Å². The summed E-state index contributed by atoms with van der Waals surface area (Å²) in [7, 11) is 0. The molecule has 2 aliphatic carbocycles. The van der Waals surface area contributed by atoms with E-state index in [0.29, 0.717) is 0 Å². The Labute approximate surface area is 44.9 Å². The summed E-state index contributed by atoms with van der Waals surface area (Å²) in [5.41, 5.74) is 0.750. The lowest BCUT2D eigenvalue weighted by Gasteiger charge is -1.91. The molecule has 7 heavy (non-hydrogen) atoms. The molecule has 2 aliphatic rings.